The van der Waals surface area contributed by atoms with Crippen LogP contribution >= 0.6 is 7.60 Å². The van der Waals surface area contributed by atoms with Gasteiger partial charge in [0.1, 0.15) is 23.0 Å². The van der Waals surface area contributed by atoms with Crippen LogP contribution in [0.1, 0.15) is 25.2 Å². The molecule has 0 aliphatic rings. The van der Waals surface area contributed by atoms with Crippen molar-refractivity contribution in [2.75, 3.05) is 34.5 Å². The van der Waals surface area contributed by atoms with Gasteiger partial charge in [-0.15, -0.1) is 0 Å². The van der Waals surface area contributed by atoms with Crippen LogP contribution in [0.4, 0.5) is 0 Å². The van der Waals surface area contributed by atoms with Crippen molar-refractivity contribution < 1.29 is 27.8 Å². The highest BCUT2D eigenvalue weighted by Crippen LogP contribution is 2.61. The molecule has 0 fully saturated rings. The van der Waals surface area contributed by atoms with Gasteiger partial charge in [-0.1, -0.05) is 0 Å². The maximum Gasteiger partial charge on any atom is 0.352 e. The zero-order chi connectivity index (χ0) is 16.8. The Hall–Kier alpha value is -1.27. The number of ether oxygens (including phenoxy) is 3. The van der Waals surface area contributed by atoms with Crippen LogP contribution in [-0.4, -0.2) is 34.5 Å². The molecule has 0 saturated heterocycles. The average Bonchev–Trinajstić information content (AvgIpc) is 2.53. The van der Waals surface area contributed by atoms with Crippen LogP contribution in [-0.2, 0) is 13.6 Å². The van der Waals surface area contributed by atoms with Crippen molar-refractivity contribution in [1.29, 1.82) is 0 Å². The Morgan fingerprint density at radius 3 is 1.77 bits per heavy atom. The molecular weight excluding hydrogens is 309 g/mol. The molecule has 7 nitrogen and oxygen atoms in total. The van der Waals surface area contributed by atoms with E-state index in [1.54, 1.807) is 26.0 Å². The third-order valence-electron chi connectivity index (χ3n) is 3.01. The molecule has 0 spiro atoms. The van der Waals surface area contributed by atoms with Crippen molar-refractivity contribution in [3.63, 3.8) is 0 Å². The second-order valence-electron chi connectivity index (χ2n) is 4.27. The number of rotatable bonds is 9. The number of nitrogens with two attached hydrogens (primary N) is 1. The number of hydrogen-bond donors (Lipinski definition) is 1. The summed E-state index contributed by atoms with van der Waals surface area (Å²) in [7, 11) is 0.933. The average molecular weight is 333 g/mol. The van der Waals surface area contributed by atoms with Gasteiger partial charge >= 0.3 is 7.60 Å². The third kappa shape index (κ3) is 3.93. The number of benzene rings is 1. The van der Waals surface area contributed by atoms with Crippen LogP contribution in [0.25, 0.3) is 0 Å². The minimum Gasteiger partial charge on any atom is -0.496 e. The lowest BCUT2D eigenvalue weighted by Gasteiger charge is -2.26. The van der Waals surface area contributed by atoms with E-state index < -0.39 is 13.4 Å². The van der Waals surface area contributed by atoms with Crippen molar-refractivity contribution in [2.24, 2.45) is 5.73 Å². The fourth-order valence-corrected chi connectivity index (χ4v) is 3.73. The molecule has 0 heterocycles. The molecule has 0 aliphatic heterocycles. The maximum absolute atomic E-state index is 12.9. The first-order valence-corrected chi connectivity index (χ1v) is 8.52. The Bertz CT molecular complexity index is 501. The van der Waals surface area contributed by atoms with Gasteiger partial charge in [-0.25, -0.2) is 0 Å². The van der Waals surface area contributed by atoms with Crippen LogP contribution in [0.2, 0.25) is 0 Å². The molecule has 0 saturated carbocycles. The largest absolute Gasteiger partial charge is 0.496 e. The van der Waals surface area contributed by atoms with Gasteiger partial charge in [0.05, 0.1) is 40.1 Å². The minimum atomic E-state index is -3.56. The highest BCUT2D eigenvalue weighted by molar-refractivity contribution is 7.54. The lowest BCUT2D eigenvalue weighted by molar-refractivity contribution is 0.211. The summed E-state index contributed by atoms with van der Waals surface area (Å²) in [5.74, 6) is 0.280. The minimum absolute atomic E-state index is 0.214. The molecule has 1 atom stereocenters. The van der Waals surface area contributed by atoms with Gasteiger partial charge in [0.15, 0.2) is 0 Å². The molecule has 0 aliphatic carbocycles. The Morgan fingerprint density at radius 1 is 1.00 bits per heavy atom. The summed E-state index contributed by atoms with van der Waals surface area (Å²) in [6.07, 6.45) is 0. The van der Waals surface area contributed by atoms with Gasteiger partial charge in [-0.05, 0) is 13.8 Å². The predicted molar refractivity (Wildman–Crippen MR) is 83.9 cm³/mol. The van der Waals surface area contributed by atoms with Crippen LogP contribution in [0.15, 0.2) is 12.1 Å². The topological polar surface area (TPSA) is 89.2 Å². The van der Waals surface area contributed by atoms with Crippen molar-refractivity contribution >= 4 is 7.60 Å². The number of methoxy groups -OCH3 is 3. The summed E-state index contributed by atoms with van der Waals surface area (Å²) in [4.78, 5) is 0. The first-order chi connectivity index (χ1) is 10.5. The molecule has 126 valence electrons. The lowest BCUT2D eigenvalue weighted by atomic mass is 10.1. The van der Waals surface area contributed by atoms with E-state index in [1.165, 1.54) is 21.3 Å². The maximum atomic E-state index is 12.9. The van der Waals surface area contributed by atoms with Gasteiger partial charge < -0.3 is 29.0 Å². The second kappa shape index (κ2) is 8.39. The van der Waals surface area contributed by atoms with Crippen LogP contribution in [0.5, 0.6) is 17.2 Å². The summed E-state index contributed by atoms with van der Waals surface area (Å²) in [6.45, 7) is 3.87. The molecule has 1 aromatic carbocycles. The third-order valence-corrected chi connectivity index (χ3v) is 5.18. The van der Waals surface area contributed by atoms with Crippen molar-refractivity contribution in [3.8, 4) is 17.2 Å². The van der Waals surface area contributed by atoms with Gasteiger partial charge in [-0.3, -0.25) is 4.57 Å². The summed E-state index contributed by atoms with van der Waals surface area (Å²) < 4.78 is 39.4. The van der Waals surface area contributed by atoms with E-state index in [4.69, 9.17) is 29.0 Å². The fraction of sp³-hybridized carbons (Fsp3) is 0.571. The molecule has 0 radical (unpaired) electrons. The van der Waals surface area contributed by atoms with Gasteiger partial charge in [-0.2, -0.15) is 0 Å². The predicted octanol–water partition coefficient (Wildman–Crippen LogP) is 2.94. The van der Waals surface area contributed by atoms with Crippen molar-refractivity contribution in [1.82, 2.24) is 0 Å². The van der Waals surface area contributed by atoms with E-state index in [2.05, 4.69) is 0 Å². The Balaban J connectivity index is 3.42. The van der Waals surface area contributed by atoms with Gasteiger partial charge in [0.2, 0.25) is 0 Å². The first-order valence-electron chi connectivity index (χ1n) is 6.91. The molecule has 0 amide bonds. The zero-order valence-corrected chi connectivity index (χ0v) is 14.5. The molecule has 0 aromatic heterocycles. The molecule has 1 rings (SSSR count). The number of hydrogen-bond acceptors (Lipinski definition) is 7. The van der Waals surface area contributed by atoms with E-state index in [-0.39, 0.29) is 13.2 Å². The Morgan fingerprint density at radius 2 is 1.45 bits per heavy atom. The van der Waals surface area contributed by atoms with Crippen molar-refractivity contribution in [2.45, 2.75) is 19.6 Å². The lowest BCUT2D eigenvalue weighted by Crippen LogP contribution is -2.17. The van der Waals surface area contributed by atoms with Gasteiger partial charge in [0, 0.05) is 12.1 Å². The molecule has 2 N–H and O–H groups in total. The highest BCUT2D eigenvalue weighted by Gasteiger charge is 2.38. The Labute approximate surface area is 131 Å². The smallest absolute Gasteiger partial charge is 0.352 e. The van der Waals surface area contributed by atoms with Gasteiger partial charge in [0.25, 0.3) is 0 Å². The summed E-state index contributed by atoms with van der Waals surface area (Å²) >= 11 is 0. The normalized spacial score (nSPS) is 12.8. The molecule has 22 heavy (non-hydrogen) atoms. The summed E-state index contributed by atoms with van der Waals surface area (Å²) in [5, 5.41) is 0. The molecule has 1 aromatic rings. The zero-order valence-electron chi connectivity index (χ0n) is 13.6. The molecule has 0 bridgehead atoms. The van der Waals surface area contributed by atoms with E-state index in [1.807, 2.05) is 0 Å². The quantitative estimate of drug-likeness (QED) is 0.695. The van der Waals surface area contributed by atoms with Crippen LogP contribution < -0.4 is 19.9 Å². The molecule has 0 unspecified atom stereocenters. The highest BCUT2D eigenvalue weighted by atomic mass is 31.2. The Kier molecular flexibility index (Phi) is 7.16. The SMILES string of the molecule is CCOP(=O)(OCC)[C@H](N)c1c(OC)cc(OC)cc1OC. The fourth-order valence-electron chi connectivity index (χ4n) is 2.04. The first kappa shape index (κ1) is 18.8. The van der Waals surface area contributed by atoms with E-state index >= 15 is 0 Å². The van der Waals surface area contributed by atoms with E-state index in [9.17, 15) is 4.57 Å². The summed E-state index contributed by atoms with van der Waals surface area (Å²) in [5.41, 5.74) is 6.59. The van der Waals surface area contributed by atoms with Crippen LogP contribution in [0, 0.1) is 0 Å². The van der Waals surface area contributed by atoms with E-state index in [0.29, 0.717) is 22.8 Å². The van der Waals surface area contributed by atoms with Crippen molar-refractivity contribution in [3.05, 3.63) is 17.7 Å². The standard InChI is InChI=1S/C14H24NO6P/c1-6-20-22(16,21-7-2)14(15)13-11(18-4)8-10(17-3)9-12(13)19-5/h8-9,14H,6-7,15H2,1-5H3/t14-/m0/s1. The summed E-state index contributed by atoms with van der Waals surface area (Å²) in [6, 6.07) is 3.28. The monoisotopic (exact) mass is 333 g/mol. The molecule has 8 heteroatoms. The van der Waals surface area contributed by atoms with Crippen LogP contribution in [0.3, 0.4) is 0 Å². The molecular formula is C14H24NO6P. The van der Waals surface area contributed by atoms with E-state index in [0.717, 1.165) is 0 Å². The second-order valence-corrected chi connectivity index (χ2v) is 6.42.